The van der Waals surface area contributed by atoms with Crippen LogP contribution >= 0.6 is 11.3 Å². The predicted octanol–water partition coefficient (Wildman–Crippen LogP) is 5.51. The van der Waals surface area contributed by atoms with E-state index in [4.69, 9.17) is 0 Å². The molecule has 2 aliphatic heterocycles. The second-order valence-electron chi connectivity index (χ2n) is 10.3. The number of nitrogens with zero attached hydrogens (tertiary/aromatic N) is 4. The first-order valence-electron chi connectivity index (χ1n) is 12.8. The second kappa shape index (κ2) is 9.79. The topological polar surface area (TPSA) is 41.4 Å². The fourth-order valence-electron chi connectivity index (χ4n) is 6.10. The van der Waals surface area contributed by atoms with Gasteiger partial charge < -0.3 is 14.4 Å². The van der Waals surface area contributed by atoms with Crippen LogP contribution < -0.4 is 0 Å². The highest BCUT2D eigenvalue weighted by Gasteiger charge is 2.38. The molecule has 0 radical (unpaired) electrons. The van der Waals surface area contributed by atoms with E-state index in [1.165, 1.54) is 11.1 Å². The summed E-state index contributed by atoms with van der Waals surface area (Å²) in [6.07, 6.45) is 3.95. The molecule has 7 heteroatoms. The maximum Gasteiger partial charge on any atom is 0.256 e. The maximum absolute atomic E-state index is 13.7. The van der Waals surface area contributed by atoms with Gasteiger partial charge in [-0.1, -0.05) is 18.2 Å². The Kier molecular flexibility index (Phi) is 6.36. The lowest BCUT2D eigenvalue weighted by Crippen LogP contribution is -2.38. The van der Waals surface area contributed by atoms with Gasteiger partial charge in [0.25, 0.3) is 5.91 Å². The molecule has 2 saturated heterocycles. The minimum atomic E-state index is -0.171. The van der Waals surface area contributed by atoms with Gasteiger partial charge in [-0.3, -0.25) is 4.79 Å². The molecule has 0 spiro atoms. The second-order valence-corrected chi connectivity index (χ2v) is 11.1. The molecule has 0 unspecified atom stereocenters. The van der Waals surface area contributed by atoms with E-state index in [1.54, 1.807) is 29.8 Å². The molecule has 36 heavy (non-hydrogen) atoms. The number of halogens is 1. The van der Waals surface area contributed by atoms with Gasteiger partial charge in [-0.15, -0.1) is 0 Å². The number of fused-ring (bicyclic) bond motifs is 1. The zero-order valence-electron chi connectivity index (χ0n) is 20.5. The molecule has 1 amide bonds. The van der Waals surface area contributed by atoms with Crippen molar-refractivity contribution in [3.8, 4) is 0 Å². The summed E-state index contributed by atoms with van der Waals surface area (Å²) in [6.45, 7) is 4.58. The summed E-state index contributed by atoms with van der Waals surface area (Å²) in [5, 5.41) is 4.38. The molecule has 2 atom stereocenters. The lowest BCUT2D eigenvalue weighted by Gasteiger charge is -2.34. The molecular weight excluding hydrogens is 471 g/mol. The van der Waals surface area contributed by atoms with Crippen LogP contribution in [0.25, 0.3) is 11.0 Å². The Hall–Kier alpha value is -3.03. The number of amides is 1. The van der Waals surface area contributed by atoms with Gasteiger partial charge in [0.05, 0.1) is 17.4 Å². The third-order valence-electron chi connectivity index (χ3n) is 8.11. The Morgan fingerprint density at radius 3 is 2.61 bits per heavy atom. The SMILES string of the molecule is Cn1cnc2c(C(=O)N3C[C@@H](CN4CCC(c5ccc(F)cc5)CC4)[C@H](c4ccsc4)C3)cccc21. The van der Waals surface area contributed by atoms with Crippen LogP contribution in [0.15, 0.2) is 65.6 Å². The van der Waals surface area contributed by atoms with Crippen molar-refractivity contribution in [2.45, 2.75) is 24.7 Å². The van der Waals surface area contributed by atoms with E-state index >= 15 is 0 Å². The van der Waals surface area contributed by atoms with Crippen LogP contribution in [-0.2, 0) is 7.05 Å². The summed E-state index contributed by atoms with van der Waals surface area (Å²) >= 11 is 1.73. The van der Waals surface area contributed by atoms with Gasteiger partial charge in [-0.2, -0.15) is 11.3 Å². The first-order chi connectivity index (χ1) is 17.6. The minimum absolute atomic E-state index is 0.0806. The van der Waals surface area contributed by atoms with Crippen molar-refractivity contribution in [3.63, 3.8) is 0 Å². The largest absolute Gasteiger partial charge is 0.338 e. The molecule has 4 heterocycles. The van der Waals surface area contributed by atoms with Gasteiger partial charge in [-0.25, -0.2) is 9.37 Å². The summed E-state index contributed by atoms with van der Waals surface area (Å²) in [5.74, 6) is 1.15. The number of likely N-dealkylation sites (tertiary alicyclic amines) is 2. The molecule has 2 fully saturated rings. The molecule has 4 aromatic rings. The molecule has 2 aromatic carbocycles. The van der Waals surface area contributed by atoms with Gasteiger partial charge in [0.2, 0.25) is 0 Å². The summed E-state index contributed by atoms with van der Waals surface area (Å²) in [5.41, 5.74) is 5.04. The Balaban J connectivity index is 1.17. The number of benzene rings is 2. The highest BCUT2D eigenvalue weighted by molar-refractivity contribution is 7.08. The molecule has 2 aromatic heterocycles. The number of hydrogen-bond acceptors (Lipinski definition) is 4. The smallest absolute Gasteiger partial charge is 0.256 e. The summed E-state index contributed by atoms with van der Waals surface area (Å²) in [4.78, 5) is 22.8. The van der Waals surface area contributed by atoms with E-state index in [1.807, 2.05) is 46.8 Å². The number of hydrogen-bond donors (Lipinski definition) is 0. The third-order valence-corrected chi connectivity index (χ3v) is 8.81. The van der Waals surface area contributed by atoms with E-state index in [0.29, 0.717) is 23.3 Å². The Morgan fingerprint density at radius 1 is 1.06 bits per heavy atom. The molecule has 0 aliphatic carbocycles. The molecule has 0 N–H and O–H groups in total. The van der Waals surface area contributed by atoms with Crippen LogP contribution in [-0.4, -0.2) is 58.0 Å². The Labute approximate surface area is 215 Å². The van der Waals surface area contributed by atoms with Crippen LogP contribution in [0.3, 0.4) is 0 Å². The van der Waals surface area contributed by atoms with Crippen LogP contribution in [0.1, 0.15) is 46.2 Å². The van der Waals surface area contributed by atoms with Gasteiger partial charge in [0.1, 0.15) is 11.3 Å². The fourth-order valence-corrected chi connectivity index (χ4v) is 6.83. The number of imidazole rings is 1. The molecule has 2 aliphatic rings. The van der Waals surface area contributed by atoms with Crippen LogP contribution in [0.2, 0.25) is 0 Å². The predicted molar refractivity (Wildman–Crippen MR) is 142 cm³/mol. The zero-order valence-corrected chi connectivity index (χ0v) is 21.3. The highest BCUT2D eigenvalue weighted by Crippen LogP contribution is 2.37. The quantitative estimate of drug-likeness (QED) is 0.361. The fraction of sp³-hybridized carbons (Fsp3) is 0.379. The van der Waals surface area contributed by atoms with Gasteiger partial charge >= 0.3 is 0 Å². The molecule has 0 saturated carbocycles. The van der Waals surface area contributed by atoms with Crippen LogP contribution in [0, 0.1) is 11.7 Å². The normalized spacial score (nSPS) is 21.4. The van der Waals surface area contributed by atoms with Gasteiger partial charge in [0, 0.05) is 32.6 Å². The Morgan fingerprint density at radius 2 is 1.86 bits per heavy atom. The molecule has 0 bridgehead atoms. The van der Waals surface area contributed by atoms with Crippen molar-refractivity contribution in [2.75, 3.05) is 32.7 Å². The highest BCUT2D eigenvalue weighted by atomic mass is 32.1. The van der Waals surface area contributed by atoms with E-state index in [2.05, 4.69) is 26.7 Å². The summed E-state index contributed by atoms with van der Waals surface area (Å²) in [6, 6.07) is 15.1. The van der Waals surface area contributed by atoms with Gasteiger partial charge in [-0.05, 0) is 90.0 Å². The van der Waals surface area contributed by atoms with E-state index < -0.39 is 0 Å². The number of piperidine rings is 1. The first-order valence-corrected chi connectivity index (χ1v) is 13.7. The third kappa shape index (κ3) is 4.46. The standard InChI is InChI=1S/C29H31FN4OS/c1-32-19-31-28-25(3-2-4-27(28)32)29(35)34-16-23(26(17-34)22-11-14-36-18-22)15-33-12-9-21(10-13-33)20-5-7-24(30)8-6-20/h2-8,11,14,18-19,21,23,26H,9-10,12-13,15-17H2,1H3/t23-,26+/m1/s1. The average molecular weight is 503 g/mol. The van der Waals surface area contributed by atoms with E-state index in [0.717, 1.165) is 56.6 Å². The summed E-state index contributed by atoms with van der Waals surface area (Å²) in [7, 11) is 1.96. The molecule has 186 valence electrons. The number of para-hydroxylation sites is 1. The monoisotopic (exact) mass is 502 g/mol. The number of carbonyl (C=O) groups is 1. The average Bonchev–Trinajstić information content (AvgIpc) is 3.65. The van der Waals surface area contributed by atoms with E-state index in [9.17, 15) is 9.18 Å². The lowest BCUT2D eigenvalue weighted by molar-refractivity contribution is 0.0783. The van der Waals surface area contributed by atoms with Crippen molar-refractivity contribution in [2.24, 2.45) is 13.0 Å². The van der Waals surface area contributed by atoms with Crippen LogP contribution in [0.4, 0.5) is 4.39 Å². The number of thiophene rings is 1. The van der Waals surface area contributed by atoms with E-state index in [-0.39, 0.29) is 11.7 Å². The lowest BCUT2D eigenvalue weighted by atomic mass is 9.87. The minimum Gasteiger partial charge on any atom is -0.338 e. The van der Waals surface area contributed by atoms with Gasteiger partial charge in [0.15, 0.2) is 0 Å². The Bertz CT molecular complexity index is 1340. The first kappa shape index (κ1) is 23.4. The maximum atomic E-state index is 13.7. The number of rotatable bonds is 5. The molecule has 6 rings (SSSR count). The van der Waals surface area contributed by atoms with Crippen molar-refractivity contribution >= 4 is 28.3 Å². The number of aromatic nitrogens is 2. The van der Waals surface area contributed by atoms with Crippen molar-refractivity contribution in [1.82, 2.24) is 19.4 Å². The summed E-state index contributed by atoms with van der Waals surface area (Å²) < 4.78 is 15.3. The van der Waals surface area contributed by atoms with Crippen molar-refractivity contribution < 1.29 is 9.18 Å². The number of aryl methyl sites for hydroxylation is 1. The van der Waals surface area contributed by atoms with Crippen molar-refractivity contribution in [1.29, 1.82) is 0 Å². The van der Waals surface area contributed by atoms with Crippen LogP contribution in [0.5, 0.6) is 0 Å². The molecule has 5 nitrogen and oxygen atoms in total. The van der Waals surface area contributed by atoms with Crippen molar-refractivity contribution in [3.05, 3.63) is 88.1 Å². The molecular formula is C29H31FN4OS. The zero-order chi connectivity index (χ0) is 24.6. The number of carbonyl (C=O) groups excluding carboxylic acids is 1.